The Morgan fingerprint density at radius 2 is 2.10 bits per heavy atom. The molecular formula is C12H19ClN4O2S. The molecule has 0 atom stereocenters. The first-order valence-corrected chi connectivity index (χ1v) is 7.29. The molecule has 6 nitrogen and oxygen atoms in total. The Bertz CT molecular complexity index is 467. The Morgan fingerprint density at radius 1 is 1.45 bits per heavy atom. The first-order valence-electron chi connectivity index (χ1n) is 6.31. The lowest BCUT2D eigenvalue weighted by Gasteiger charge is -2.31. The zero-order chi connectivity index (χ0) is 13.8. The van der Waals surface area contributed by atoms with E-state index in [0.29, 0.717) is 5.16 Å². The van der Waals surface area contributed by atoms with Crippen LogP contribution in [0.1, 0.15) is 5.69 Å². The Morgan fingerprint density at radius 3 is 2.70 bits per heavy atom. The summed E-state index contributed by atoms with van der Waals surface area (Å²) in [5.41, 5.74) is 0.879. The highest BCUT2D eigenvalue weighted by Crippen LogP contribution is 2.19. The number of rotatable bonds is 4. The van der Waals surface area contributed by atoms with E-state index in [2.05, 4.69) is 21.9 Å². The molecular weight excluding hydrogens is 300 g/mol. The molecule has 1 aromatic heterocycles. The summed E-state index contributed by atoms with van der Waals surface area (Å²) < 4.78 is 0. The Kier molecular flexibility index (Phi) is 6.51. The maximum Gasteiger partial charge on any atom is 0.313 e. The topological polar surface area (TPSA) is 70.8 Å². The first-order chi connectivity index (χ1) is 9.04. The molecule has 2 N–H and O–H groups in total. The third-order valence-electron chi connectivity index (χ3n) is 3.09. The third kappa shape index (κ3) is 4.81. The number of nitrogens with zero attached hydrogens (tertiary/aromatic N) is 3. The summed E-state index contributed by atoms with van der Waals surface area (Å²) >= 11 is 1.17. The van der Waals surface area contributed by atoms with Crippen LogP contribution in [0.5, 0.6) is 0 Å². The number of aromatic nitrogens is 2. The lowest BCUT2D eigenvalue weighted by Crippen LogP contribution is -3.12. The number of aryl methyl sites for hydroxylation is 1. The van der Waals surface area contributed by atoms with Crippen LogP contribution < -0.4 is 22.2 Å². The quantitative estimate of drug-likeness (QED) is 0.440. The van der Waals surface area contributed by atoms with Crippen molar-refractivity contribution in [2.45, 2.75) is 12.1 Å². The summed E-state index contributed by atoms with van der Waals surface area (Å²) in [4.78, 5) is 23.1. The standard InChI is InChI=1S/C12H18N4O2S.ClH/c1-9-7-10(16-5-3-15(2)4-6-16)14-12(13-9)19-8-11(17)18;/h7H,3-6,8H2,1-2H3,(H,17,18);1H. The van der Waals surface area contributed by atoms with Crippen molar-refractivity contribution in [2.75, 3.05) is 43.9 Å². The highest BCUT2D eigenvalue weighted by Gasteiger charge is 2.19. The van der Waals surface area contributed by atoms with E-state index >= 15 is 0 Å². The summed E-state index contributed by atoms with van der Waals surface area (Å²) in [6.45, 7) is 6.06. The van der Waals surface area contributed by atoms with Gasteiger partial charge in [0.2, 0.25) is 0 Å². The fourth-order valence-electron chi connectivity index (χ4n) is 2.00. The summed E-state index contributed by atoms with van der Waals surface area (Å²) in [6, 6.07) is 1.96. The number of carboxylic acid groups (broad SMARTS) is 1. The Hall–Kier alpha value is -1.05. The van der Waals surface area contributed by atoms with E-state index in [-0.39, 0.29) is 18.2 Å². The molecule has 0 aliphatic carbocycles. The molecule has 2 rings (SSSR count). The maximum atomic E-state index is 10.6. The predicted octanol–water partition coefficient (Wildman–Crippen LogP) is -3.70. The molecule has 0 saturated carbocycles. The zero-order valence-corrected chi connectivity index (χ0v) is 13.2. The summed E-state index contributed by atoms with van der Waals surface area (Å²) in [5, 5.41) is 9.25. The van der Waals surface area contributed by atoms with Crippen LogP contribution >= 0.6 is 11.8 Å². The van der Waals surface area contributed by atoms with Crippen LogP contribution in [0.15, 0.2) is 11.2 Å². The number of quaternary nitrogens is 1. The Balaban J connectivity index is 0.00000200. The molecule has 112 valence electrons. The van der Waals surface area contributed by atoms with Crippen LogP contribution in [0, 0.1) is 6.92 Å². The number of anilines is 1. The SMILES string of the molecule is Cc1cc(N2CC[NH+](C)CC2)nc(SCC(=O)O)n1.[Cl-]. The van der Waals surface area contributed by atoms with E-state index < -0.39 is 5.97 Å². The zero-order valence-electron chi connectivity index (χ0n) is 11.6. The largest absolute Gasteiger partial charge is 1.00 e. The molecule has 0 radical (unpaired) electrons. The van der Waals surface area contributed by atoms with Crippen molar-refractivity contribution in [3.63, 3.8) is 0 Å². The van der Waals surface area contributed by atoms with E-state index in [9.17, 15) is 4.79 Å². The second kappa shape index (κ2) is 7.66. The molecule has 0 amide bonds. The van der Waals surface area contributed by atoms with Gasteiger partial charge in [-0.05, 0) is 6.92 Å². The lowest BCUT2D eigenvalue weighted by atomic mass is 10.3. The van der Waals surface area contributed by atoms with Gasteiger partial charge in [0.1, 0.15) is 5.82 Å². The van der Waals surface area contributed by atoms with Gasteiger partial charge in [-0.2, -0.15) is 0 Å². The minimum atomic E-state index is -0.847. The molecule has 0 aromatic carbocycles. The molecule has 1 aromatic rings. The van der Waals surface area contributed by atoms with Crippen molar-refractivity contribution in [3.8, 4) is 0 Å². The smallest absolute Gasteiger partial charge is 0.313 e. The lowest BCUT2D eigenvalue weighted by molar-refractivity contribution is -0.880. The molecule has 20 heavy (non-hydrogen) atoms. The van der Waals surface area contributed by atoms with Crippen molar-refractivity contribution < 1.29 is 27.2 Å². The minimum absolute atomic E-state index is 0. The Labute approximate surface area is 129 Å². The number of likely N-dealkylation sites (N-methyl/N-ethyl adjacent to an activating group) is 1. The van der Waals surface area contributed by atoms with Gasteiger partial charge in [0.25, 0.3) is 0 Å². The van der Waals surface area contributed by atoms with Crippen LogP contribution in [0.2, 0.25) is 0 Å². The molecule has 0 unspecified atom stereocenters. The fraction of sp³-hybridized carbons (Fsp3) is 0.583. The van der Waals surface area contributed by atoms with Crippen LogP contribution in [-0.4, -0.2) is 60.0 Å². The van der Waals surface area contributed by atoms with Gasteiger partial charge in [-0.15, -0.1) is 0 Å². The molecule has 1 aliphatic heterocycles. The number of hydrogen-bond donors (Lipinski definition) is 2. The molecule has 2 heterocycles. The number of thioether (sulfide) groups is 1. The maximum absolute atomic E-state index is 10.6. The second-order valence-corrected chi connectivity index (χ2v) is 5.72. The number of piperazine rings is 1. The van der Waals surface area contributed by atoms with Crippen molar-refractivity contribution in [1.82, 2.24) is 9.97 Å². The van der Waals surface area contributed by atoms with Crippen molar-refractivity contribution >= 4 is 23.5 Å². The highest BCUT2D eigenvalue weighted by atomic mass is 35.5. The average molecular weight is 319 g/mol. The van der Waals surface area contributed by atoms with E-state index in [1.165, 1.54) is 16.7 Å². The van der Waals surface area contributed by atoms with Gasteiger partial charge in [-0.3, -0.25) is 4.79 Å². The average Bonchev–Trinajstić information content (AvgIpc) is 2.36. The molecule has 0 bridgehead atoms. The van der Waals surface area contributed by atoms with Crippen LogP contribution in [-0.2, 0) is 4.79 Å². The van der Waals surface area contributed by atoms with Crippen molar-refractivity contribution in [2.24, 2.45) is 0 Å². The number of hydrogen-bond acceptors (Lipinski definition) is 5. The summed E-state index contributed by atoms with van der Waals surface area (Å²) in [7, 11) is 2.19. The minimum Gasteiger partial charge on any atom is -1.00 e. The summed E-state index contributed by atoms with van der Waals surface area (Å²) in [5.74, 6) is 0.0585. The number of carboxylic acids is 1. The second-order valence-electron chi connectivity index (χ2n) is 4.78. The summed E-state index contributed by atoms with van der Waals surface area (Å²) in [6.07, 6.45) is 0. The van der Waals surface area contributed by atoms with Crippen LogP contribution in [0.25, 0.3) is 0 Å². The molecule has 0 spiro atoms. The van der Waals surface area contributed by atoms with Gasteiger partial charge >= 0.3 is 5.97 Å². The highest BCUT2D eigenvalue weighted by molar-refractivity contribution is 7.99. The number of nitrogens with one attached hydrogen (secondary N) is 1. The van der Waals surface area contributed by atoms with Gasteiger partial charge in [0.15, 0.2) is 5.16 Å². The molecule has 1 aliphatic rings. The molecule has 1 fully saturated rings. The van der Waals surface area contributed by atoms with E-state index in [1.807, 2.05) is 13.0 Å². The normalized spacial score (nSPS) is 15.8. The molecule has 1 saturated heterocycles. The molecule has 8 heteroatoms. The van der Waals surface area contributed by atoms with Gasteiger partial charge in [-0.25, -0.2) is 9.97 Å². The van der Waals surface area contributed by atoms with Gasteiger partial charge in [-0.1, -0.05) is 11.8 Å². The van der Waals surface area contributed by atoms with E-state index in [0.717, 1.165) is 37.7 Å². The van der Waals surface area contributed by atoms with Gasteiger partial charge < -0.3 is 27.3 Å². The number of halogens is 1. The third-order valence-corrected chi connectivity index (χ3v) is 3.92. The van der Waals surface area contributed by atoms with E-state index in [1.54, 1.807) is 0 Å². The van der Waals surface area contributed by atoms with Crippen molar-refractivity contribution in [1.29, 1.82) is 0 Å². The van der Waals surface area contributed by atoms with E-state index in [4.69, 9.17) is 5.11 Å². The van der Waals surface area contributed by atoms with Crippen LogP contribution in [0.3, 0.4) is 0 Å². The fourth-order valence-corrected chi connectivity index (χ4v) is 2.61. The predicted molar refractivity (Wildman–Crippen MR) is 74.0 cm³/mol. The van der Waals surface area contributed by atoms with Gasteiger partial charge in [0.05, 0.1) is 39.0 Å². The van der Waals surface area contributed by atoms with Crippen LogP contribution in [0.4, 0.5) is 5.82 Å². The monoisotopic (exact) mass is 318 g/mol. The number of carbonyl (C=O) groups is 1. The van der Waals surface area contributed by atoms with Gasteiger partial charge in [0, 0.05) is 11.8 Å². The first kappa shape index (κ1) is 17.0. The van der Waals surface area contributed by atoms with Crippen molar-refractivity contribution in [3.05, 3.63) is 11.8 Å². The number of aliphatic carboxylic acids is 1.